The molecule has 0 aliphatic rings. The largest absolute Gasteiger partial charge is 0.455 e. The van der Waals surface area contributed by atoms with E-state index in [9.17, 15) is 0 Å². The molecular weight excluding hydrogens is 617 g/mol. The summed E-state index contributed by atoms with van der Waals surface area (Å²) in [6.45, 7) is 0. The van der Waals surface area contributed by atoms with E-state index in [1.54, 1.807) is 0 Å². The Morgan fingerprint density at radius 3 is 1.45 bits per heavy atom. The van der Waals surface area contributed by atoms with Crippen LogP contribution in [0.3, 0.4) is 0 Å². The van der Waals surface area contributed by atoms with Crippen LogP contribution in [0, 0.1) is 0 Å². The highest BCUT2D eigenvalue weighted by atomic mass is 16.3. The molecule has 0 N–H and O–H groups in total. The minimum Gasteiger partial charge on any atom is -0.455 e. The molecule has 51 heavy (non-hydrogen) atoms. The summed E-state index contributed by atoms with van der Waals surface area (Å²) in [6.07, 6.45) is 0. The third-order valence-electron chi connectivity index (χ3n) is 10.8. The maximum absolute atomic E-state index is 6.63. The van der Waals surface area contributed by atoms with Gasteiger partial charge in [0.25, 0.3) is 0 Å². The molecule has 0 aliphatic carbocycles. The van der Waals surface area contributed by atoms with E-state index in [1.165, 1.54) is 87.2 Å². The van der Waals surface area contributed by atoms with Crippen LogP contribution in [0.15, 0.2) is 186 Å². The highest BCUT2D eigenvalue weighted by Gasteiger charge is 2.19. The van der Waals surface area contributed by atoms with Crippen LogP contribution in [0.4, 0.5) is 0 Å². The lowest BCUT2D eigenvalue weighted by molar-refractivity contribution is 0.673. The molecule has 11 aromatic rings. The lowest BCUT2D eigenvalue weighted by Crippen LogP contribution is -1.91. The predicted octanol–water partition coefficient (Wildman–Crippen LogP) is 14.4. The van der Waals surface area contributed by atoms with E-state index in [4.69, 9.17) is 4.42 Å². The summed E-state index contributed by atoms with van der Waals surface area (Å²) in [5, 5.41) is 14.7. The third-order valence-corrected chi connectivity index (χ3v) is 10.8. The number of furan rings is 1. The summed E-state index contributed by atoms with van der Waals surface area (Å²) in [5.74, 6) is 0. The molecule has 0 bridgehead atoms. The molecule has 0 aliphatic heterocycles. The van der Waals surface area contributed by atoms with E-state index in [1.807, 2.05) is 0 Å². The van der Waals surface area contributed by atoms with Crippen molar-refractivity contribution in [2.24, 2.45) is 0 Å². The van der Waals surface area contributed by atoms with E-state index < -0.39 is 0 Å². The molecule has 236 valence electrons. The minimum absolute atomic E-state index is 0.910. The third kappa shape index (κ3) is 4.22. The highest BCUT2D eigenvalue weighted by Crippen LogP contribution is 2.46. The molecule has 1 nitrogen and oxygen atoms in total. The molecule has 0 amide bonds. The Morgan fingerprint density at radius 2 is 0.765 bits per heavy atom. The van der Waals surface area contributed by atoms with E-state index in [-0.39, 0.29) is 0 Å². The standard InChI is InChI=1S/C50H30O/c1-2-13-32-28-36(25-24-31(32)12-1)48-42-21-8-6-19-40(42)47(41-20-7-9-22-43(41)48)35-15-11-14-33(29-35)34-26-27-46-45(30-34)49-39-18-5-3-16-37(39)38-17-4-10-23-44(38)50(49)51-46/h1-30H. The van der Waals surface area contributed by atoms with Gasteiger partial charge in [-0.05, 0) is 106 Å². The van der Waals surface area contributed by atoms with Crippen molar-refractivity contribution in [3.05, 3.63) is 182 Å². The summed E-state index contributed by atoms with van der Waals surface area (Å²) in [6, 6.07) is 66.3. The molecule has 11 rings (SSSR count). The van der Waals surface area contributed by atoms with Crippen molar-refractivity contribution in [3.8, 4) is 33.4 Å². The number of hydrogen-bond acceptors (Lipinski definition) is 1. The molecule has 0 radical (unpaired) electrons. The maximum Gasteiger partial charge on any atom is 0.143 e. The van der Waals surface area contributed by atoms with Crippen LogP contribution in [-0.2, 0) is 0 Å². The monoisotopic (exact) mass is 646 g/mol. The first-order chi connectivity index (χ1) is 25.3. The van der Waals surface area contributed by atoms with Crippen LogP contribution in [0.5, 0.6) is 0 Å². The molecule has 0 saturated heterocycles. The van der Waals surface area contributed by atoms with Gasteiger partial charge < -0.3 is 4.42 Å². The number of hydrogen-bond donors (Lipinski definition) is 0. The van der Waals surface area contributed by atoms with Crippen LogP contribution in [0.1, 0.15) is 0 Å². The van der Waals surface area contributed by atoms with E-state index in [0.29, 0.717) is 0 Å². The van der Waals surface area contributed by atoms with Crippen molar-refractivity contribution in [1.82, 2.24) is 0 Å². The zero-order valence-corrected chi connectivity index (χ0v) is 27.7. The van der Waals surface area contributed by atoms with Gasteiger partial charge >= 0.3 is 0 Å². The first kappa shape index (κ1) is 28.2. The van der Waals surface area contributed by atoms with Gasteiger partial charge in [-0.2, -0.15) is 0 Å². The van der Waals surface area contributed by atoms with Gasteiger partial charge in [-0.25, -0.2) is 0 Å². The SMILES string of the molecule is c1cc(-c2ccc3oc4c5ccccc5c5ccccc5c4c3c2)cc(-c2c3ccccc3c(-c3ccc4ccccc4c3)c3ccccc23)c1. The van der Waals surface area contributed by atoms with Crippen molar-refractivity contribution in [2.45, 2.75) is 0 Å². The number of rotatable bonds is 3. The minimum atomic E-state index is 0.910. The summed E-state index contributed by atoms with van der Waals surface area (Å²) in [5.41, 5.74) is 9.21. The lowest BCUT2D eigenvalue weighted by Gasteiger charge is -2.18. The molecule has 1 aromatic heterocycles. The second kappa shape index (κ2) is 10.9. The van der Waals surface area contributed by atoms with Gasteiger partial charge in [-0.15, -0.1) is 0 Å². The quantitative estimate of drug-likeness (QED) is 0.138. The average Bonchev–Trinajstić information content (AvgIpc) is 3.59. The Morgan fingerprint density at radius 1 is 0.275 bits per heavy atom. The van der Waals surface area contributed by atoms with Crippen molar-refractivity contribution in [1.29, 1.82) is 0 Å². The molecule has 0 saturated carbocycles. The van der Waals surface area contributed by atoms with Crippen LogP contribution in [-0.4, -0.2) is 0 Å². The number of fused-ring (bicyclic) bond motifs is 11. The van der Waals surface area contributed by atoms with Gasteiger partial charge in [0, 0.05) is 16.2 Å². The normalized spacial score (nSPS) is 11.9. The van der Waals surface area contributed by atoms with Crippen molar-refractivity contribution in [2.75, 3.05) is 0 Å². The van der Waals surface area contributed by atoms with E-state index >= 15 is 0 Å². The second-order valence-corrected chi connectivity index (χ2v) is 13.6. The fraction of sp³-hybridized carbons (Fsp3) is 0. The summed E-state index contributed by atoms with van der Waals surface area (Å²) in [4.78, 5) is 0. The molecule has 1 heteroatoms. The smallest absolute Gasteiger partial charge is 0.143 e. The van der Waals surface area contributed by atoms with Gasteiger partial charge in [0.2, 0.25) is 0 Å². The number of benzene rings is 10. The Balaban J connectivity index is 1.13. The van der Waals surface area contributed by atoms with Gasteiger partial charge in [0.15, 0.2) is 0 Å². The fourth-order valence-electron chi connectivity index (χ4n) is 8.54. The van der Waals surface area contributed by atoms with Crippen molar-refractivity contribution in [3.63, 3.8) is 0 Å². The summed E-state index contributed by atoms with van der Waals surface area (Å²) < 4.78 is 6.63. The first-order valence-corrected chi connectivity index (χ1v) is 17.6. The topological polar surface area (TPSA) is 13.1 Å². The first-order valence-electron chi connectivity index (χ1n) is 17.6. The second-order valence-electron chi connectivity index (χ2n) is 13.6. The average molecular weight is 647 g/mol. The van der Waals surface area contributed by atoms with Gasteiger partial charge in [-0.1, -0.05) is 158 Å². The van der Waals surface area contributed by atoms with Gasteiger partial charge in [0.1, 0.15) is 11.2 Å². The molecule has 0 spiro atoms. The fourth-order valence-corrected chi connectivity index (χ4v) is 8.54. The molecule has 10 aromatic carbocycles. The highest BCUT2D eigenvalue weighted by molar-refractivity contribution is 6.30. The van der Waals surface area contributed by atoms with Crippen molar-refractivity contribution >= 4 is 75.8 Å². The van der Waals surface area contributed by atoms with Crippen molar-refractivity contribution < 1.29 is 4.42 Å². The summed E-state index contributed by atoms with van der Waals surface area (Å²) in [7, 11) is 0. The van der Waals surface area contributed by atoms with E-state index in [0.717, 1.165) is 21.9 Å². The van der Waals surface area contributed by atoms with Crippen LogP contribution in [0.2, 0.25) is 0 Å². The zero-order valence-electron chi connectivity index (χ0n) is 27.7. The summed E-state index contributed by atoms with van der Waals surface area (Å²) >= 11 is 0. The van der Waals surface area contributed by atoms with Crippen LogP contribution >= 0.6 is 0 Å². The Kier molecular flexibility index (Phi) is 6.02. The Hall–Kier alpha value is -6.70. The van der Waals surface area contributed by atoms with Gasteiger partial charge in [-0.3, -0.25) is 0 Å². The van der Waals surface area contributed by atoms with Gasteiger partial charge in [0.05, 0.1) is 0 Å². The Bertz CT molecular complexity index is 3140. The molecule has 0 unspecified atom stereocenters. The lowest BCUT2D eigenvalue weighted by atomic mass is 9.85. The van der Waals surface area contributed by atoms with Crippen LogP contribution < -0.4 is 0 Å². The molecular formula is C50H30O. The molecule has 0 atom stereocenters. The molecule has 0 fully saturated rings. The van der Waals surface area contributed by atoms with E-state index in [2.05, 4.69) is 182 Å². The zero-order chi connectivity index (χ0) is 33.5. The molecule has 1 heterocycles. The van der Waals surface area contributed by atoms with Crippen LogP contribution in [0.25, 0.3) is 109 Å². The Labute approximate surface area is 294 Å². The maximum atomic E-state index is 6.63. The predicted molar refractivity (Wildman–Crippen MR) is 218 cm³/mol.